The molecule has 45 heavy (non-hydrogen) atoms. The fraction of sp³-hybridized carbons (Fsp3) is 0.353. The third-order valence-electron chi connectivity index (χ3n) is 9.33. The fourth-order valence-corrected chi connectivity index (χ4v) is 6.82. The van der Waals surface area contributed by atoms with Gasteiger partial charge in [-0.1, -0.05) is 12.1 Å². The highest BCUT2D eigenvalue weighted by Gasteiger charge is 2.31. The SMILES string of the molecule is COc1cc(C(=O)N2C[C@H](N)C[C@@H](F)C2)cn2nc(-c3cc4ccc(-c5ccc6c(c5)C(=O)NC6)nc4n3CC3CC3)c(C)c12. The third kappa shape index (κ3) is 4.73. The number of aromatic nitrogens is 4. The number of hydrogen-bond acceptors (Lipinski definition) is 6. The van der Waals surface area contributed by atoms with Gasteiger partial charge < -0.3 is 25.3 Å². The Balaban J connectivity index is 1.23. The topological polar surface area (TPSA) is 120 Å². The van der Waals surface area contributed by atoms with E-state index < -0.39 is 12.2 Å². The molecule has 1 saturated carbocycles. The van der Waals surface area contributed by atoms with E-state index in [9.17, 15) is 14.0 Å². The summed E-state index contributed by atoms with van der Waals surface area (Å²) >= 11 is 0. The predicted molar refractivity (Wildman–Crippen MR) is 168 cm³/mol. The van der Waals surface area contributed by atoms with Gasteiger partial charge in [-0.15, -0.1) is 0 Å². The second-order valence-corrected chi connectivity index (χ2v) is 12.6. The van der Waals surface area contributed by atoms with Crippen molar-refractivity contribution in [1.29, 1.82) is 0 Å². The number of hydrogen-bond donors (Lipinski definition) is 2. The second kappa shape index (κ2) is 10.4. The van der Waals surface area contributed by atoms with E-state index >= 15 is 0 Å². The average molecular weight is 608 g/mol. The number of piperidine rings is 1. The van der Waals surface area contributed by atoms with Gasteiger partial charge in [-0.05, 0) is 68.0 Å². The van der Waals surface area contributed by atoms with E-state index in [0.29, 0.717) is 35.9 Å². The van der Waals surface area contributed by atoms with Crippen molar-refractivity contribution < 1.29 is 18.7 Å². The Bertz CT molecular complexity index is 2020. The summed E-state index contributed by atoms with van der Waals surface area (Å²) < 4.78 is 24.0. The number of nitrogens with one attached hydrogen (secondary N) is 1. The standard InChI is InChI=1S/C34H34FN7O3/c1-18-30(39-42-15-23(11-29(45-2)31(18)42)34(44)40-16-24(35)12-25(36)17-40)28-10-21-7-8-27(38-32(21)41(28)14-19-3-4-19)20-5-6-22-13-37-33(43)26(22)9-20/h5-11,15,19,24-25H,3-4,12-14,16-17,36H2,1-2H3,(H,37,43)/t24-,25-/m1/s1. The molecule has 4 aromatic heterocycles. The number of rotatable bonds is 6. The predicted octanol–water partition coefficient (Wildman–Crippen LogP) is 4.50. The molecule has 1 saturated heterocycles. The second-order valence-electron chi connectivity index (χ2n) is 12.6. The van der Waals surface area contributed by atoms with Crippen LogP contribution >= 0.6 is 0 Å². The zero-order chi connectivity index (χ0) is 31.0. The van der Waals surface area contributed by atoms with E-state index in [2.05, 4.69) is 22.0 Å². The minimum atomic E-state index is -1.15. The first-order chi connectivity index (χ1) is 21.8. The molecule has 2 fully saturated rings. The molecule has 2 aliphatic heterocycles. The van der Waals surface area contributed by atoms with Gasteiger partial charge in [0.15, 0.2) is 0 Å². The van der Waals surface area contributed by atoms with E-state index in [1.54, 1.807) is 23.9 Å². The van der Waals surface area contributed by atoms with Crippen molar-refractivity contribution in [2.45, 2.75) is 51.5 Å². The third-order valence-corrected chi connectivity index (χ3v) is 9.33. The maximum atomic E-state index is 14.3. The van der Waals surface area contributed by atoms with Crippen LogP contribution in [0.1, 0.15) is 51.1 Å². The molecule has 10 nitrogen and oxygen atoms in total. The molecule has 2 atom stereocenters. The van der Waals surface area contributed by atoms with Crippen molar-refractivity contribution in [3.05, 3.63) is 70.9 Å². The van der Waals surface area contributed by atoms with E-state index in [-0.39, 0.29) is 24.8 Å². The number of alkyl halides is 1. The highest BCUT2D eigenvalue weighted by Crippen LogP contribution is 2.39. The Morgan fingerprint density at radius 2 is 2.00 bits per heavy atom. The number of pyridine rings is 2. The van der Waals surface area contributed by atoms with Crippen LogP contribution in [0.5, 0.6) is 5.75 Å². The molecular formula is C34H34FN7O3. The van der Waals surface area contributed by atoms with Gasteiger partial charge in [0.05, 0.1) is 30.6 Å². The average Bonchev–Trinajstić information content (AvgIpc) is 3.56. The van der Waals surface area contributed by atoms with Gasteiger partial charge in [0.1, 0.15) is 28.8 Å². The first-order valence-electron chi connectivity index (χ1n) is 15.5. The summed E-state index contributed by atoms with van der Waals surface area (Å²) in [5.41, 5.74) is 14.0. The lowest BCUT2D eigenvalue weighted by atomic mass is 10.0. The van der Waals surface area contributed by atoms with E-state index in [1.807, 2.05) is 31.2 Å². The van der Waals surface area contributed by atoms with Crippen LogP contribution in [0, 0.1) is 12.8 Å². The van der Waals surface area contributed by atoms with Crippen molar-refractivity contribution in [1.82, 2.24) is 29.4 Å². The molecule has 8 rings (SSSR count). The van der Waals surface area contributed by atoms with Gasteiger partial charge in [0.2, 0.25) is 0 Å². The zero-order valence-corrected chi connectivity index (χ0v) is 25.2. The summed E-state index contributed by atoms with van der Waals surface area (Å²) in [6.07, 6.45) is 3.14. The van der Waals surface area contributed by atoms with Gasteiger partial charge in [0, 0.05) is 53.9 Å². The summed E-state index contributed by atoms with van der Waals surface area (Å²) in [6, 6.07) is 13.4. The molecule has 0 bridgehead atoms. The van der Waals surface area contributed by atoms with Gasteiger partial charge in [0.25, 0.3) is 11.8 Å². The van der Waals surface area contributed by atoms with E-state index in [1.165, 1.54) is 17.7 Å². The minimum absolute atomic E-state index is 0.0190. The minimum Gasteiger partial charge on any atom is -0.494 e. The van der Waals surface area contributed by atoms with Crippen molar-refractivity contribution in [2.75, 3.05) is 20.2 Å². The molecule has 3 N–H and O–H groups in total. The summed E-state index contributed by atoms with van der Waals surface area (Å²) in [5.74, 6) is 0.730. The largest absolute Gasteiger partial charge is 0.494 e. The first-order valence-corrected chi connectivity index (χ1v) is 15.5. The normalized spacial score (nSPS) is 19.7. The number of nitrogens with two attached hydrogens (primary N) is 1. The Hall–Kier alpha value is -4.77. The van der Waals surface area contributed by atoms with Crippen LogP contribution in [0.15, 0.2) is 48.7 Å². The van der Waals surface area contributed by atoms with Crippen molar-refractivity contribution in [2.24, 2.45) is 11.7 Å². The summed E-state index contributed by atoms with van der Waals surface area (Å²) in [6.45, 7) is 3.70. The molecule has 1 aliphatic carbocycles. The highest BCUT2D eigenvalue weighted by atomic mass is 19.1. The lowest BCUT2D eigenvalue weighted by Gasteiger charge is -2.33. The van der Waals surface area contributed by atoms with Gasteiger partial charge in [-0.2, -0.15) is 5.10 Å². The molecule has 5 aromatic rings. The van der Waals surface area contributed by atoms with Gasteiger partial charge in [-0.25, -0.2) is 13.9 Å². The molecule has 11 heteroatoms. The maximum absolute atomic E-state index is 14.3. The molecule has 0 spiro atoms. The van der Waals surface area contributed by atoms with Crippen molar-refractivity contribution >= 4 is 28.4 Å². The number of carbonyl (C=O) groups excluding carboxylic acids is 2. The number of carbonyl (C=O) groups is 2. The molecule has 6 heterocycles. The molecule has 230 valence electrons. The summed E-state index contributed by atoms with van der Waals surface area (Å²) in [7, 11) is 1.57. The number of ether oxygens (including phenoxy) is 1. The number of amides is 2. The summed E-state index contributed by atoms with van der Waals surface area (Å²) in [4.78, 5) is 32.4. The molecular weight excluding hydrogens is 573 g/mol. The van der Waals surface area contributed by atoms with Gasteiger partial charge >= 0.3 is 0 Å². The maximum Gasteiger partial charge on any atom is 0.255 e. The van der Waals surface area contributed by atoms with Crippen LogP contribution in [-0.4, -0.2) is 68.3 Å². The molecule has 1 aromatic carbocycles. The van der Waals surface area contributed by atoms with Crippen molar-refractivity contribution in [3.63, 3.8) is 0 Å². The number of aryl methyl sites for hydroxylation is 1. The monoisotopic (exact) mass is 607 g/mol. The summed E-state index contributed by atoms with van der Waals surface area (Å²) in [5, 5.41) is 8.87. The molecule has 0 radical (unpaired) electrons. The van der Waals surface area contributed by atoms with Crippen LogP contribution in [0.25, 0.3) is 39.2 Å². The molecule has 3 aliphatic rings. The van der Waals surface area contributed by atoms with Crippen LogP contribution in [0.3, 0.4) is 0 Å². The fourth-order valence-electron chi connectivity index (χ4n) is 6.82. The van der Waals surface area contributed by atoms with Crippen molar-refractivity contribution in [3.8, 4) is 28.4 Å². The number of nitrogens with zero attached hydrogens (tertiary/aromatic N) is 5. The zero-order valence-electron chi connectivity index (χ0n) is 25.2. The number of fused-ring (bicyclic) bond motifs is 3. The number of halogens is 1. The smallest absolute Gasteiger partial charge is 0.255 e. The van der Waals surface area contributed by atoms with E-state index in [4.69, 9.17) is 20.6 Å². The quantitative estimate of drug-likeness (QED) is 0.293. The van der Waals surface area contributed by atoms with Crippen LogP contribution in [0.4, 0.5) is 4.39 Å². The first kappa shape index (κ1) is 27.8. The Morgan fingerprint density at radius 1 is 1.16 bits per heavy atom. The van der Waals surface area contributed by atoms with Crippen LogP contribution < -0.4 is 15.8 Å². The highest BCUT2D eigenvalue weighted by molar-refractivity contribution is 5.99. The van der Waals surface area contributed by atoms with E-state index in [0.717, 1.165) is 56.9 Å². The van der Waals surface area contributed by atoms with Crippen LogP contribution in [-0.2, 0) is 13.1 Å². The Labute approximate surface area is 259 Å². The van der Waals surface area contributed by atoms with Crippen LogP contribution in [0.2, 0.25) is 0 Å². The lowest BCUT2D eigenvalue weighted by Crippen LogP contribution is -2.50. The number of benzene rings is 1. The van der Waals surface area contributed by atoms with Gasteiger partial charge in [-0.3, -0.25) is 9.59 Å². The Kier molecular flexibility index (Phi) is 6.42. The number of methoxy groups -OCH3 is 1. The number of likely N-dealkylation sites (tertiary alicyclic amines) is 1. The lowest BCUT2D eigenvalue weighted by molar-refractivity contribution is 0.0605. The molecule has 0 unspecified atom stereocenters. The molecule has 2 amide bonds. The Morgan fingerprint density at radius 3 is 2.78 bits per heavy atom.